The van der Waals surface area contributed by atoms with Crippen molar-refractivity contribution >= 4 is 28.6 Å². The summed E-state index contributed by atoms with van der Waals surface area (Å²) in [5, 5.41) is 17.3. The Morgan fingerprint density at radius 1 is 0.818 bits per heavy atom. The zero-order valence-corrected chi connectivity index (χ0v) is 18.3. The Balaban J connectivity index is 0.000000454. The van der Waals surface area contributed by atoms with Gasteiger partial charge in [0.25, 0.3) is 5.91 Å². The molecule has 0 spiro atoms. The van der Waals surface area contributed by atoms with Gasteiger partial charge in [-0.25, -0.2) is 9.59 Å². The maximum atomic E-state index is 12.7. The summed E-state index contributed by atoms with van der Waals surface area (Å²) >= 11 is 0. The summed E-state index contributed by atoms with van der Waals surface area (Å²) in [6, 6.07) is 22.5. The lowest BCUT2D eigenvalue weighted by atomic mass is 10.1. The van der Waals surface area contributed by atoms with Gasteiger partial charge in [0.1, 0.15) is 5.75 Å². The fraction of sp³-hybridized carbons (Fsp3) is 0.240. The number of nitrogens with zero attached hydrogens (tertiary/aromatic N) is 2. The summed E-state index contributed by atoms with van der Waals surface area (Å²) < 4.78 is 5.16. The highest BCUT2D eigenvalue weighted by molar-refractivity contribution is 6.27. The van der Waals surface area contributed by atoms with Crippen LogP contribution >= 0.6 is 0 Å². The number of hydrogen-bond acceptors (Lipinski definition) is 5. The average molecular weight is 450 g/mol. The summed E-state index contributed by atoms with van der Waals surface area (Å²) in [5.74, 6) is -2.78. The molecule has 0 atom stereocenters. The van der Waals surface area contributed by atoms with Gasteiger partial charge < -0.3 is 19.8 Å². The fourth-order valence-corrected chi connectivity index (χ4v) is 3.62. The van der Waals surface area contributed by atoms with Crippen LogP contribution < -0.4 is 4.74 Å². The SMILES string of the molecule is COc1ccc(C(=O)N2CCN(Cc3ccc4ccccc4c3)CC2)cc1.O=C(O)C(=O)O. The highest BCUT2D eigenvalue weighted by Gasteiger charge is 2.22. The molecule has 3 aromatic carbocycles. The summed E-state index contributed by atoms with van der Waals surface area (Å²) in [6.45, 7) is 4.25. The van der Waals surface area contributed by atoms with Crippen LogP contribution in [0.2, 0.25) is 0 Å². The van der Waals surface area contributed by atoms with Gasteiger partial charge in [-0.1, -0.05) is 36.4 Å². The molecule has 0 aromatic heterocycles. The lowest BCUT2D eigenvalue weighted by Gasteiger charge is -2.34. The molecule has 0 unspecified atom stereocenters. The number of rotatable bonds is 4. The highest BCUT2D eigenvalue weighted by atomic mass is 16.5. The number of carboxylic acids is 2. The van der Waals surface area contributed by atoms with E-state index >= 15 is 0 Å². The monoisotopic (exact) mass is 450 g/mol. The molecule has 1 saturated heterocycles. The van der Waals surface area contributed by atoms with Crippen molar-refractivity contribution in [3.05, 3.63) is 77.9 Å². The number of methoxy groups -OCH3 is 1. The third-order valence-electron chi connectivity index (χ3n) is 5.40. The molecule has 1 amide bonds. The van der Waals surface area contributed by atoms with E-state index in [4.69, 9.17) is 24.5 Å². The maximum absolute atomic E-state index is 12.7. The highest BCUT2D eigenvalue weighted by Crippen LogP contribution is 2.18. The summed E-state index contributed by atoms with van der Waals surface area (Å²) in [7, 11) is 1.63. The second-order valence-electron chi connectivity index (χ2n) is 7.59. The molecule has 4 rings (SSSR count). The Hall–Kier alpha value is -3.91. The van der Waals surface area contributed by atoms with Crippen LogP contribution in [0.4, 0.5) is 0 Å². The van der Waals surface area contributed by atoms with Crippen molar-refractivity contribution in [1.29, 1.82) is 0 Å². The summed E-state index contributed by atoms with van der Waals surface area (Å²) in [5.41, 5.74) is 2.04. The molecule has 33 heavy (non-hydrogen) atoms. The number of carboxylic acid groups (broad SMARTS) is 2. The normalized spacial score (nSPS) is 13.7. The van der Waals surface area contributed by atoms with Gasteiger partial charge in [-0.2, -0.15) is 0 Å². The molecule has 0 aliphatic carbocycles. The van der Waals surface area contributed by atoms with E-state index in [1.807, 2.05) is 29.2 Å². The van der Waals surface area contributed by atoms with E-state index in [9.17, 15) is 4.79 Å². The number of hydrogen-bond donors (Lipinski definition) is 2. The summed E-state index contributed by atoms with van der Waals surface area (Å²) in [6.07, 6.45) is 0. The van der Waals surface area contributed by atoms with Crippen LogP contribution in [-0.4, -0.2) is 71.1 Å². The van der Waals surface area contributed by atoms with Crippen LogP contribution in [0.15, 0.2) is 66.7 Å². The van der Waals surface area contributed by atoms with E-state index in [1.165, 1.54) is 16.3 Å². The van der Waals surface area contributed by atoms with Crippen LogP contribution in [0.3, 0.4) is 0 Å². The van der Waals surface area contributed by atoms with Gasteiger partial charge in [-0.15, -0.1) is 0 Å². The van der Waals surface area contributed by atoms with Gasteiger partial charge >= 0.3 is 11.9 Å². The molecule has 0 radical (unpaired) electrons. The zero-order chi connectivity index (χ0) is 23.8. The number of aliphatic carboxylic acids is 2. The van der Waals surface area contributed by atoms with Crippen molar-refractivity contribution in [2.45, 2.75) is 6.54 Å². The van der Waals surface area contributed by atoms with Gasteiger partial charge in [-0.3, -0.25) is 9.69 Å². The van der Waals surface area contributed by atoms with E-state index in [-0.39, 0.29) is 5.91 Å². The van der Waals surface area contributed by atoms with Gasteiger partial charge in [0.2, 0.25) is 0 Å². The zero-order valence-electron chi connectivity index (χ0n) is 18.3. The molecule has 8 nitrogen and oxygen atoms in total. The van der Waals surface area contributed by atoms with Crippen LogP contribution in [0.25, 0.3) is 10.8 Å². The van der Waals surface area contributed by atoms with Crippen LogP contribution in [0.1, 0.15) is 15.9 Å². The number of piperazine rings is 1. The molecule has 1 fully saturated rings. The van der Waals surface area contributed by atoms with Crippen LogP contribution in [-0.2, 0) is 16.1 Å². The second-order valence-corrected chi connectivity index (χ2v) is 7.59. The molecule has 1 heterocycles. The molecule has 2 N–H and O–H groups in total. The van der Waals surface area contributed by atoms with Crippen LogP contribution in [0, 0.1) is 0 Å². The molecule has 8 heteroatoms. The van der Waals surface area contributed by atoms with E-state index in [2.05, 4.69) is 47.4 Å². The maximum Gasteiger partial charge on any atom is 0.414 e. The van der Waals surface area contributed by atoms with Crippen LogP contribution in [0.5, 0.6) is 5.75 Å². The second kappa shape index (κ2) is 11.1. The number of ether oxygens (including phenoxy) is 1. The van der Waals surface area contributed by atoms with Crippen molar-refractivity contribution in [1.82, 2.24) is 9.80 Å². The Labute approximate surface area is 191 Å². The topological polar surface area (TPSA) is 107 Å². The third-order valence-corrected chi connectivity index (χ3v) is 5.40. The Kier molecular flexibility index (Phi) is 7.99. The van der Waals surface area contributed by atoms with Crippen molar-refractivity contribution in [3.63, 3.8) is 0 Å². The van der Waals surface area contributed by atoms with Crippen molar-refractivity contribution < 1.29 is 29.3 Å². The van der Waals surface area contributed by atoms with Crippen molar-refractivity contribution in [3.8, 4) is 5.75 Å². The quantitative estimate of drug-likeness (QED) is 0.589. The average Bonchev–Trinajstić information content (AvgIpc) is 2.84. The number of carbonyl (C=O) groups is 3. The first kappa shape index (κ1) is 23.7. The Bertz CT molecular complexity index is 1110. The lowest BCUT2D eigenvalue weighted by molar-refractivity contribution is -0.159. The predicted octanol–water partition coefficient (Wildman–Crippen LogP) is 2.96. The Morgan fingerprint density at radius 3 is 2.00 bits per heavy atom. The van der Waals surface area contributed by atoms with E-state index in [0.29, 0.717) is 0 Å². The molecule has 172 valence electrons. The van der Waals surface area contributed by atoms with Gasteiger partial charge in [0, 0.05) is 38.3 Å². The molecule has 1 aliphatic rings. The van der Waals surface area contributed by atoms with E-state index in [1.54, 1.807) is 7.11 Å². The smallest absolute Gasteiger partial charge is 0.414 e. The lowest BCUT2D eigenvalue weighted by Crippen LogP contribution is -2.48. The standard InChI is InChI=1S/C23H24N2O2.C2H2O4/c1-27-22-10-8-20(9-11-22)23(26)25-14-12-24(13-15-25)17-18-6-7-19-4-2-3-5-21(19)16-18;3-1(4)2(5)6/h2-11,16H,12-15,17H2,1H3;(H,3,4)(H,5,6). The minimum atomic E-state index is -1.82. The fourth-order valence-electron chi connectivity index (χ4n) is 3.62. The molecular formula is C25H26N2O6. The number of benzene rings is 3. The van der Waals surface area contributed by atoms with Gasteiger partial charge in [-0.05, 0) is 46.7 Å². The Morgan fingerprint density at radius 2 is 1.42 bits per heavy atom. The molecule has 0 saturated carbocycles. The van der Waals surface area contributed by atoms with E-state index in [0.717, 1.165) is 44.0 Å². The predicted molar refractivity (Wildman–Crippen MR) is 123 cm³/mol. The third kappa shape index (κ3) is 6.54. The first-order valence-electron chi connectivity index (χ1n) is 10.5. The van der Waals surface area contributed by atoms with Gasteiger partial charge in [0.15, 0.2) is 0 Å². The minimum Gasteiger partial charge on any atom is -0.497 e. The minimum absolute atomic E-state index is 0.100. The molecule has 0 bridgehead atoms. The molecule has 3 aromatic rings. The van der Waals surface area contributed by atoms with E-state index < -0.39 is 11.9 Å². The van der Waals surface area contributed by atoms with Crippen molar-refractivity contribution in [2.24, 2.45) is 0 Å². The summed E-state index contributed by atoms with van der Waals surface area (Å²) in [4.78, 5) is 35.2. The largest absolute Gasteiger partial charge is 0.497 e. The first-order valence-corrected chi connectivity index (χ1v) is 10.5. The molecular weight excluding hydrogens is 424 g/mol. The number of amides is 1. The molecule has 1 aliphatic heterocycles. The number of fused-ring (bicyclic) bond motifs is 1. The first-order chi connectivity index (χ1) is 15.9. The van der Waals surface area contributed by atoms with Gasteiger partial charge in [0.05, 0.1) is 7.11 Å². The number of carbonyl (C=O) groups excluding carboxylic acids is 1. The van der Waals surface area contributed by atoms with Crippen molar-refractivity contribution in [2.75, 3.05) is 33.3 Å².